The molecular formula is C35H38BrN3O4S. The van der Waals surface area contributed by atoms with Crippen LogP contribution in [0, 0.1) is 13.8 Å². The highest BCUT2D eigenvalue weighted by Crippen LogP contribution is 2.28. The molecule has 0 aromatic heterocycles. The number of benzene rings is 4. The fourth-order valence-corrected chi connectivity index (χ4v) is 6.66. The third-order valence-corrected chi connectivity index (χ3v) is 9.54. The van der Waals surface area contributed by atoms with Crippen LogP contribution in [0.4, 0.5) is 5.69 Å². The minimum absolute atomic E-state index is 0.0806. The third-order valence-electron chi connectivity index (χ3n) is 7.24. The second-order valence-corrected chi connectivity index (χ2v) is 13.9. The van der Waals surface area contributed by atoms with E-state index in [0.717, 1.165) is 25.5 Å². The largest absolute Gasteiger partial charge is 0.352 e. The molecule has 4 aromatic carbocycles. The molecule has 0 saturated heterocycles. The quantitative estimate of drug-likeness (QED) is 0.188. The first-order valence-electron chi connectivity index (χ1n) is 14.5. The zero-order chi connectivity index (χ0) is 31.9. The van der Waals surface area contributed by atoms with E-state index in [1.54, 1.807) is 36.4 Å². The van der Waals surface area contributed by atoms with Gasteiger partial charge in [0.2, 0.25) is 11.8 Å². The Balaban J connectivity index is 1.81. The first-order valence-corrected chi connectivity index (χ1v) is 16.7. The highest BCUT2D eigenvalue weighted by Gasteiger charge is 2.35. The Morgan fingerprint density at radius 3 is 2.02 bits per heavy atom. The number of carbonyl (C=O) groups excluding carboxylic acids is 2. The van der Waals surface area contributed by atoms with E-state index < -0.39 is 28.5 Å². The zero-order valence-electron chi connectivity index (χ0n) is 25.4. The molecule has 0 aliphatic carbocycles. The van der Waals surface area contributed by atoms with E-state index in [-0.39, 0.29) is 29.8 Å². The van der Waals surface area contributed by atoms with E-state index in [0.29, 0.717) is 11.3 Å². The van der Waals surface area contributed by atoms with Gasteiger partial charge in [0.25, 0.3) is 10.0 Å². The van der Waals surface area contributed by atoms with Gasteiger partial charge in [0.1, 0.15) is 12.6 Å². The lowest BCUT2D eigenvalue weighted by atomic mass is 10.0. The Bertz CT molecular complexity index is 1680. The summed E-state index contributed by atoms with van der Waals surface area (Å²) in [7, 11) is -4.15. The molecular weight excluding hydrogens is 638 g/mol. The number of nitrogens with zero attached hydrogens (tertiary/aromatic N) is 2. The minimum Gasteiger partial charge on any atom is -0.352 e. The van der Waals surface area contributed by atoms with E-state index in [1.807, 2.05) is 94.4 Å². The molecule has 0 spiro atoms. The maximum atomic E-state index is 14.5. The van der Waals surface area contributed by atoms with Crippen LogP contribution in [0.2, 0.25) is 0 Å². The molecule has 4 aromatic rings. The maximum absolute atomic E-state index is 14.5. The van der Waals surface area contributed by atoms with E-state index in [2.05, 4.69) is 21.2 Å². The average Bonchev–Trinajstić information content (AvgIpc) is 2.99. The summed E-state index contributed by atoms with van der Waals surface area (Å²) in [5.41, 5.74) is 3.71. The Labute approximate surface area is 269 Å². The van der Waals surface area contributed by atoms with Crippen molar-refractivity contribution in [3.8, 4) is 0 Å². The SMILES string of the molecule is Cc1ccc(S(=O)(=O)N(CC(=O)N(Cc2ccc(Br)cc2)C(Cc2ccccc2)C(=O)NC(C)C)c2ccccc2C)cc1. The van der Waals surface area contributed by atoms with Crippen LogP contribution in [0.25, 0.3) is 0 Å². The van der Waals surface area contributed by atoms with Crippen LogP contribution < -0.4 is 9.62 Å². The van der Waals surface area contributed by atoms with Crippen molar-refractivity contribution in [3.63, 3.8) is 0 Å². The molecule has 0 radical (unpaired) electrons. The van der Waals surface area contributed by atoms with Gasteiger partial charge in [-0.05, 0) is 74.7 Å². The number of anilines is 1. The molecule has 9 heteroatoms. The molecule has 230 valence electrons. The molecule has 1 N–H and O–H groups in total. The molecule has 44 heavy (non-hydrogen) atoms. The first kappa shape index (κ1) is 33.0. The van der Waals surface area contributed by atoms with Gasteiger partial charge >= 0.3 is 0 Å². The molecule has 1 atom stereocenters. The number of aryl methyl sites for hydroxylation is 2. The lowest BCUT2D eigenvalue weighted by Gasteiger charge is -2.34. The fourth-order valence-electron chi connectivity index (χ4n) is 4.92. The van der Waals surface area contributed by atoms with Crippen LogP contribution in [0.3, 0.4) is 0 Å². The highest BCUT2D eigenvalue weighted by molar-refractivity contribution is 9.10. The second-order valence-electron chi connectivity index (χ2n) is 11.1. The van der Waals surface area contributed by atoms with E-state index >= 15 is 0 Å². The summed E-state index contributed by atoms with van der Waals surface area (Å²) >= 11 is 3.46. The molecule has 1 unspecified atom stereocenters. The minimum atomic E-state index is -4.15. The van der Waals surface area contributed by atoms with Crippen molar-refractivity contribution in [1.29, 1.82) is 0 Å². The van der Waals surface area contributed by atoms with Crippen molar-refractivity contribution in [2.45, 2.75) is 57.6 Å². The number of rotatable bonds is 12. The van der Waals surface area contributed by atoms with Gasteiger partial charge in [0.05, 0.1) is 10.6 Å². The molecule has 0 bridgehead atoms. The van der Waals surface area contributed by atoms with Crippen LogP contribution in [0.15, 0.2) is 112 Å². The van der Waals surface area contributed by atoms with Gasteiger partial charge < -0.3 is 10.2 Å². The monoisotopic (exact) mass is 675 g/mol. The van der Waals surface area contributed by atoms with Crippen molar-refractivity contribution in [1.82, 2.24) is 10.2 Å². The summed E-state index contributed by atoms with van der Waals surface area (Å²) in [5.74, 6) is -0.801. The smallest absolute Gasteiger partial charge is 0.264 e. The van der Waals surface area contributed by atoms with Gasteiger partial charge in [-0.2, -0.15) is 0 Å². The van der Waals surface area contributed by atoms with Crippen molar-refractivity contribution in [3.05, 3.63) is 130 Å². The number of para-hydroxylation sites is 1. The molecule has 0 aliphatic heterocycles. The van der Waals surface area contributed by atoms with Crippen LogP contribution in [-0.4, -0.2) is 43.8 Å². The third kappa shape index (κ3) is 8.36. The number of carbonyl (C=O) groups is 2. The molecule has 0 saturated carbocycles. The summed E-state index contributed by atoms with van der Waals surface area (Å²) in [6.07, 6.45) is 0.261. The Hall–Kier alpha value is -3.95. The lowest BCUT2D eigenvalue weighted by molar-refractivity contribution is -0.140. The number of amides is 2. The molecule has 0 aliphatic rings. The van der Waals surface area contributed by atoms with Crippen LogP contribution in [0.5, 0.6) is 0 Å². The second kappa shape index (κ2) is 14.7. The van der Waals surface area contributed by atoms with E-state index in [1.165, 1.54) is 4.90 Å². The van der Waals surface area contributed by atoms with Gasteiger partial charge in [-0.25, -0.2) is 8.42 Å². The first-order chi connectivity index (χ1) is 21.0. The molecule has 0 heterocycles. The van der Waals surface area contributed by atoms with Crippen molar-refractivity contribution < 1.29 is 18.0 Å². The Kier molecular flexibility index (Phi) is 11.0. The van der Waals surface area contributed by atoms with E-state index in [4.69, 9.17) is 0 Å². The van der Waals surface area contributed by atoms with Gasteiger partial charge in [0, 0.05) is 23.5 Å². The summed E-state index contributed by atoms with van der Waals surface area (Å²) in [5, 5.41) is 2.98. The van der Waals surface area contributed by atoms with Crippen molar-refractivity contribution in [2.24, 2.45) is 0 Å². The van der Waals surface area contributed by atoms with Crippen molar-refractivity contribution >= 4 is 43.5 Å². The summed E-state index contributed by atoms with van der Waals surface area (Å²) < 4.78 is 30.4. The highest BCUT2D eigenvalue weighted by atomic mass is 79.9. The van der Waals surface area contributed by atoms with E-state index in [9.17, 15) is 18.0 Å². The van der Waals surface area contributed by atoms with Crippen LogP contribution >= 0.6 is 15.9 Å². The fraction of sp³-hybridized carbons (Fsp3) is 0.257. The lowest BCUT2D eigenvalue weighted by Crippen LogP contribution is -2.54. The van der Waals surface area contributed by atoms with Crippen LogP contribution in [-0.2, 0) is 32.6 Å². The standard InChI is InChI=1S/C35H38BrN3O4S/c1-25(2)37-35(41)33(22-28-11-6-5-7-12-28)38(23-29-16-18-30(36)19-17-29)34(40)24-39(32-13-9-8-10-27(32)4)44(42,43)31-20-14-26(3)15-21-31/h5-21,25,33H,22-24H2,1-4H3,(H,37,41). The summed E-state index contributed by atoms with van der Waals surface area (Å²) in [4.78, 5) is 29.8. The Morgan fingerprint density at radius 1 is 0.795 bits per heavy atom. The number of sulfonamides is 1. The zero-order valence-corrected chi connectivity index (χ0v) is 27.8. The molecule has 4 rings (SSSR count). The van der Waals surface area contributed by atoms with Gasteiger partial charge in [0.15, 0.2) is 0 Å². The maximum Gasteiger partial charge on any atom is 0.264 e. The van der Waals surface area contributed by atoms with Crippen LogP contribution in [0.1, 0.15) is 36.1 Å². The van der Waals surface area contributed by atoms with Crippen molar-refractivity contribution in [2.75, 3.05) is 10.8 Å². The number of hydrogen-bond donors (Lipinski definition) is 1. The normalized spacial score (nSPS) is 12.0. The molecule has 7 nitrogen and oxygen atoms in total. The van der Waals surface area contributed by atoms with Gasteiger partial charge in [-0.1, -0.05) is 94.3 Å². The molecule has 2 amide bonds. The van der Waals surface area contributed by atoms with Gasteiger partial charge in [-0.15, -0.1) is 0 Å². The Morgan fingerprint density at radius 2 is 1.41 bits per heavy atom. The summed E-state index contributed by atoms with van der Waals surface area (Å²) in [6.45, 7) is 7.05. The number of nitrogens with one attached hydrogen (secondary N) is 1. The average molecular weight is 677 g/mol. The number of hydrogen-bond acceptors (Lipinski definition) is 4. The predicted octanol–water partition coefficient (Wildman–Crippen LogP) is 6.43. The number of halogens is 1. The van der Waals surface area contributed by atoms with Gasteiger partial charge in [-0.3, -0.25) is 13.9 Å². The summed E-state index contributed by atoms with van der Waals surface area (Å²) in [6, 6.07) is 29.6. The molecule has 0 fully saturated rings. The predicted molar refractivity (Wildman–Crippen MR) is 179 cm³/mol. The topological polar surface area (TPSA) is 86.8 Å².